The molecule has 1 aromatic carbocycles. The predicted molar refractivity (Wildman–Crippen MR) is 130 cm³/mol. The van der Waals surface area contributed by atoms with Gasteiger partial charge in [-0.2, -0.15) is 0 Å². The first kappa shape index (κ1) is 24.9. The summed E-state index contributed by atoms with van der Waals surface area (Å²) in [5.41, 5.74) is 2.11. The van der Waals surface area contributed by atoms with E-state index in [1.807, 2.05) is 32.0 Å². The minimum absolute atomic E-state index is 0.00986. The summed E-state index contributed by atoms with van der Waals surface area (Å²) in [7, 11) is 0. The van der Waals surface area contributed by atoms with E-state index in [9.17, 15) is 14.4 Å². The van der Waals surface area contributed by atoms with Crippen molar-refractivity contribution in [2.24, 2.45) is 0 Å². The second kappa shape index (κ2) is 10.0. The van der Waals surface area contributed by atoms with Crippen molar-refractivity contribution in [2.75, 3.05) is 11.9 Å². The molecule has 9 heteroatoms. The van der Waals surface area contributed by atoms with Crippen LogP contribution in [0.2, 0.25) is 0 Å². The minimum atomic E-state index is -0.632. The quantitative estimate of drug-likeness (QED) is 0.396. The Kier molecular flexibility index (Phi) is 7.34. The van der Waals surface area contributed by atoms with Crippen LogP contribution in [-0.2, 0) is 20.9 Å². The third kappa shape index (κ3) is 6.18. The first-order valence-corrected chi connectivity index (χ1v) is 11.1. The third-order valence-electron chi connectivity index (χ3n) is 5.08. The highest BCUT2D eigenvalue weighted by molar-refractivity contribution is 6.08. The van der Waals surface area contributed by atoms with Crippen molar-refractivity contribution in [3.63, 3.8) is 0 Å². The van der Waals surface area contributed by atoms with E-state index >= 15 is 0 Å². The number of nitrogens with zero attached hydrogens (tertiary/aromatic N) is 4. The van der Waals surface area contributed by atoms with Gasteiger partial charge in [-0.1, -0.05) is 0 Å². The average Bonchev–Trinajstić information content (AvgIpc) is 3.09. The van der Waals surface area contributed by atoms with Gasteiger partial charge in [-0.05, 0) is 59.7 Å². The summed E-state index contributed by atoms with van der Waals surface area (Å²) in [5.74, 6) is -0.806. The highest BCUT2D eigenvalue weighted by atomic mass is 16.6. The number of aromatic nitrogens is 3. The molecular formula is C25H31N5O4. The Labute approximate surface area is 199 Å². The summed E-state index contributed by atoms with van der Waals surface area (Å²) >= 11 is 0. The van der Waals surface area contributed by atoms with Crippen LogP contribution in [0.25, 0.3) is 10.9 Å². The van der Waals surface area contributed by atoms with Gasteiger partial charge < -0.3 is 19.5 Å². The second-order valence-electron chi connectivity index (χ2n) is 9.41. The minimum Gasteiger partial charge on any atom is -0.459 e. The van der Waals surface area contributed by atoms with E-state index in [0.717, 1.165) is 22.3 Å². The molecule has 2 heterocycles. The molecule has 0 radical (unpaired) electrons. The molecule has 0 saturated carbocycles. The number of ether oxygens (including phenoxy) is 1. The number of Topliss-reactive ketones (excluding diaryl/α,β-unsaturated/α-hetero) is 1. The Balaban J connectivity index is 1.87. The van der Waals surface area contributed by atoms with Gasteiger partial charge in [-0.15, -0.1) is 0 Å². The lowest BCUT2D eigenvalue weighted by atomic mass is 10.1. The molecule has 0 atom stereocenters. The van der Waals surface area contributed by atoms with E-state index < -0.39 is 11.6 Å². The average molecular weight is 466 g/mol. The summed E-state index contributed by atoms with van der Waals surface area (Å²) in [6, 6.07) is 5.38. The number of amides is 1. The molecular weight excluding hydrogens is 434 g/mol. The zero-order valence-corrected chi connectivity index (χ0v) is 20.5. The molecule has 180 valence electrons. The van der Waals surface area contributed by atoms with Crippen LogP contribution in [0, 0.1) is 0 Å². The molecule has 0 saturated heterocycles. The first-order chi connectivity index (χ1) is 15.9. The van der Waals surface area contributed by atoms with Crippen LogP contribution in [0.1, 0.15) is 51.9 Å². The van der Waals surface area contributed by atoms with Gasteiger partial charge in [0.15, 0.2) is 5.78 Å². The fourth-order valence-electron chi connectivity index (χ4n) is 3.62. The smallest absolute Gasteiger partial charge is 0.326 e. The van der Waals surface area contributed by atoms with Gasteiger partial charge in [0.25, 0.3) is 0 Å². The van der Waals surface area contributed by atoms with Crippen LogP contribution in [0.15, 0.2) is 43.1 Å². The van der Waals surface area contributed by atoms with Crippen LogP contribution < -0.4 is 5.32 Å². The number of carbonyl (C=O) groups excluding carboxylic acids is 3. The van der Waals surface area contributed by atoms with Crippen molar-refractivity contribution in [3.8, 4) is 0 Å². The third-order valence-corrected chi connectivity index (χ3v) is 5.08. The molecule has 0 spiro atoms. The highest BCUT2D eigenvalue weighted by Gasteiger charge is 2.25. The number of hydrogen-bond acceptors (Lipinski definition) is 7. The van der Waals surface area contributed by atoms with Crippen LogP contribution >= 0.6 is 0 Å². The van der Waals surface area contributed by atoms with Crippen LogP contribution in [-0.4, -0.2) is 55.3 Å². The highest BCUT2D eigenvalue weighted by Crippen LogP contribution is 2.27. The van der Waals surface area contributed by atoms with Crippen molar-refractivity contribution in [1.82, 2.24) is 19.4 Å². The zero-order chi connectivity index (χ0) is 25.0. The summed E-state index contributed by atoms with van der Waals surface area (Å²) in [6.07, 6.45) is 6.44. The van der Waals surface area contributed by atoms with Gasteiger partial charge in [-0.25, -0.2) is 9.97 Å². The molecule has 0 aliphatic rings. The summed E-state index contributed by atoms with van der Waals surface area (Å²) in [5, 5.41) is 3.94. The van der Waals surface area contributed by atoms with E-state index in [1.54, 1.807) is 43.9 Å². The number of benzene rings is 1. The number of carbonyl (C=O) groups is 3. The number of ketones is 1. The van der Waals surface area contributed by atoms with E-state index in [-0.39, 0.29) is 30.8 Å². The lowest BCUT2D eigenvalue weighted by molar-refractivity contribution is -0.159. The Bertz CT molecular complexity index is 1200. The fourth-order valence-corrected chi connectivity index (χ4v) is 3.62. The lowest BCUT2D eigenvalue weighted by Gasteiger charge is -2.28. The SMILES string of the molecule is CC(=O)c1cn(CC(=O)N(CC(=O)OC(C)(C)C)C(C)C)c2ccc(Nc3cncnc3)cc12. The van der Waals surface area contributed by atoms with E-state index in [4.69, 9.17) is 4.74 Å². The van der Waals surface area contributed by atoms with Gasteiger partial charge in [0.2, 0.25) is 5.91 Å². The Morgan fingerprint density at radius 2 is 1.79 bits per heavy atom. The molecule has 1 N–H and O–H groups in total. The van der Waals surface area contributed by atoms with Crippen molar-refractivity contribution < 1.29 is 19.1 Å². The lowest BCUT2D eigenvalue weighted by Crippen LogP contribution is -2.44. The monoisotopic (exact) mass is 465 g/mol. The van der Waals surface area contributed by atoms with Crippen molar-refractivity contribution in [1.29, 1.82) is 0 Å². The number of rotatable bonds is 8. The van der Waals surface area contributed by atoms with Gasteiger partial charge >= 0.3 is 5.97 Å². The predicted octanol–water partition coefficient (Wildman–Crippen LogP) is 3.96. The zero-order valence-electron chi connectivity index (χ0n) is 20.5. The fraction of sp³-hybridized carbons (Fsp3) is 0.400. The number of esters is 1. The molecule has 0 aliphatic heterocycles. The summed E-state index contributed by atoms with van der Waals surface area (Å²) < 4.78 is 7.13. The van der Waals surface area contributed by atoms with Gasteiger partial charge in [0.1, 0.15) is 25.0 Å². The molecule has 0 bridgehead atoms. The number of nitrogens with one attached hydrogen (secondary N) is 1. The Morgan fingerprint density at radius 1 is 1.12 bits per heavy atom. The molecule has 1 amide bonds. The van der Waals surface area contributed by atoms with Crippen molar-refractivity contribution in [2.45, 2.75) is 59.7 Å². The normalized spacial score (nSPS) is 11.5. The maximum atomic E-state index is 13.2. The maximum Gasteiger partial charge on any atom is 0.326 e. The Morgan fingerprint density at radius 3 is 2.38 bits per heavy atom. The van der Waals surface area contributed by atoms with Crippen LogP contribution in [0.4, 0.5) is 11.4 Å². The number of hydrogen-bond donors (Lipinski definition) is 1. The van der Waals surface area contributed by atoms with Gasteiger partial charge in [0.05, 0.1) is 18.1 Å². The Hall–Kier alpha value is -3.75. The maximum absolute atomic E-state index is 13.2. The van der Waals surface area contributed by atoms with E-state index in [1.165, 1.54) is 18.2 Å². The molecule has 2 aromatic heterocycles. The van der Waals surface area contributed by atoms with E-state index in [0.29, 0.717) is 5.56 Å². The van der Waals surface area contributed by atoms with E-state index in [2.05, 4.69) is 15.3 Å². The molecule has 3 aromatic rings. The summed E-state index contributed by atoms with van der Waals surface area (Å²) in [6.45, 7) is 10.4. The van der Waals surface area contributed by atoms with Crippen LogP contribution in [0.5, 0.6) is 0 Å². The molecule has 9 nitrogen and oxygen atoms in total. The van der Waals surface area contributed by atoms with Gasteiger partial charge in [0, 0.05) is 34.4 Å². The molecule has 0 unspecified atom stereocenters. The number of anilines is 2. The van der Waals surface area contributed by atoms with Crippen molar-refractivity contribution in [3.05, 3.63) is 48.7 Å². The second-order valence-corrected chi connectivity index (χ2v) is 9.41. The van der Waals surface area contributed by atoms with Crippen LogP contribution in [0.3, 0.4) is 0 Å². The molecule has 0 fully saturated rings. The van der Waals surface area contributed by atoms with Crippen molar-refractivity contribution >= 4 is 39.9 Å². The molecule has 34 heavy (non-hydrogen) atoms. The first-order valence-electron chi connectivity index (χ1n) is 11.1. The summed E-state index contributed by atoms with van der Waals surface area (Å²) in [4.78, 5) is 47.3. The van der Waals surface area contributed by atoms with Gasteiger partial charge in [-0.3, -0.25) is 14.4 Å². The number of fused-ring (bicyclic) bond motifs is 1. The topological polar surface area (TPSA) is 106 Å². The molecule has 0 aliphatic carbocycles. The molecule has 3 rings (SSSR count). The largest absolute Gasteiger partial charge is 0.459 e. The standard InChI is InChI=1S/C25H31N5O4/c1-16(2)30(14-24(33)34-25(4,5)6)23(32)13-29-12-21(17(3)31)20-9-18(7-8-22(20)29)28-19-10-26-15-27-11-19/h7-12,15-16,28H,13-14H2,1-6H3.